The molecule has 372 valence electrons. The van der Waals surface area contributed by atoms with Crippen LogP contribution in [-0.4, -0.2) is 23.9 Å². The van der Waals surface area contributed by atoms with Gasteiger partial charge in [-0.15, -0.1) is 0 Å². The zero-order chi connectivity index (χ0) is 45.4. The van der Waals surface area contributed by atoms with Crippen LogP contribution in [0.3, 0.4) is 0 Å². The molecule has 0 saturated carbocycles. The van der Waals surface area contributed by atoms with Gasteiger partial charge in [-0.05, 0) is 63.7 Å². The van der Waals surface area contributed by atoms with Crippen LogP contribution in [0.4, 0.5) is 0 Å². The van der Waals surface area contributed by atoms with Gasteiger partial charge in [0.2, 0.25) is 0 Å². The maximum atomic E-state index is 11.6. The van der Waals surface area contributed by atoms with Crippen molar-refractivity contribution < 1.29 is 73.2 Å². The number of hydrogen-bond acceptors (Lipinski definition) is 8. The van der Waals surface area contributed by atoms with Gasteiger partial charge >= 0.3 is 33.6 Å². The molecule has 0 fully saturated rings. The number of unbranched alkanes of at least 4 members (excludes halogenated alkanes) is 30. The van der Waals surface area contributed by atoms with Crippen LogP contribution in [0.5, 0.6) is 0 Å². The molecule has 2 atom stereocenters. The summed E-state index contributed by atoms with van der Waals surface area (Å²) in [4.78, 5) is 42.5. The second-order valence-electron chi connectivity index (χ2n) is 17.8. The molecule has 0 heterocycles. The first-order valence-electron chi connectivity index (χ1n) is 25.8. The molecule has 0 aliphatic heterocycles. The Morgan fingerprint density at radius 1 is 0.371 bits per heavy atom. The van der Waals surface area contributed by atoms with Crippen molar-refractivity contribution in [3.05, 3.63) is 0 Å². The molecule has 0 N–H and O–H groups in total. The first kappa shape index (κ1) is 69.9. The number of hydrogen-bond donors (Lipinski definition) is 0. The quantitative estimate of drug-likeness (QED) is 0.0545. The zero-order valence-electron chi connectivity index (χ0n) is 41.0. The van der Waals surface area contributed by atoms with Crippen molar-refractivity contribution in [1.82, 2.24) is 0 Å². The third kappa shape index (κ3) is 53.2. The Bertz CT molecular complexity index is 950. The van der Waals surface area contributed by atoms with Crippen molar-refractivity contribution in [3.63, 3.8) is 0 Å². The van der Waals surface area contributed by atoms with Crippen molar-refractivity contribution >= 4 is 23.9 Å². The number of rotatable bonds is 44. The molecular formula is C52H98Co2O8. The predicted octanol–water partition coefficient (Wildman–Crippen LogP) is 11.6. The standard InChI is InChI=1S/C26H50O4.C18H36O2.C8H16O2.2Co/c1-3-5-22-26(4-2,25(29)30)23-20-18-16-14-12-10-8-6-7-9-11-13-15-17-19-21-24(27)28;1-2-3-4-5-6-7-8-9-10-11-12-13-14-15-16-17-18(19)20;1-3-5-6-7(4-2)8(9)10;;/h3-23H2,1-2H3,(H,27,28)(H,29,30);2-17H2,1H3,(H,19,20);7H,3-6H2,1-2H3,(H,9,10);;/q;;;2*+2/p-4. The van der Waals surface area contributed by atoms with Gasteiger partial charge in [-0.25, -0.2) is 0 Å². The number of carbonyl (C=O) groups excluding carboxylic acids is 4. The van der Waals surface area contributed by atoms with Gasteiger partial charge in [0, 0.05) is 29.3 Å². The van der Waals surface area contributed by atoms with E-state index in [2.05, 4.69) is 20.8 Å². The average Bonchev–Trinajstić information content (AvgIpc) is 3.22. The van der Waals surface area contributed by atoms with Crippen LogP contribution in [0.2, 0.25) is 0 Å². The normalized spacial score (nSPS) is 12.0. The van der Waals surface area contributed by atoms with Gasteiger partial charge in [0.05, 0.1) is 0 Å². The van der Waals surface area contributed by atoms with Crippen LogP contribution in [0.1, 0.15) is 298 Å². The van der Waals surface area contributed by atoms with Crippen molar-refractivity contribution in [1.29, 1.82) is 0 Å². The molecule has 8 nitrogen and oxygen atoms in total. The Morgan fingerprint density at radius 3 is 0.887 bits per heavy atom. The molecule has 62 heavy (non-hydrogen) atoms. The smallest absolute Gasteiger partial charge is 0.550 e. The minimum Gasteiger partial charge on any atom is -0.550 e. The summed E-state index contributed by atoms with van der Waals surface area (Å²) in [5.41, 5.74) is -0.591. The number of aliphatic carboxylic acids is 4. The van der Waals surface area contributed by atoms with Gasteiger partial charge in [-0.2, -0.15) is 0 Å². The number of carboxylic acid groups (broad SMARTS) is 4. The number of carbonyl (C=O) groups is 4. The molecule has 0 amide bonds. The minimum absolute atomic E-state index is 0. The summed E-state index contributed by atoms with van der Waals surface area (Å²) in [7, 11) is 0. The molecule has 0 rings (SSSR count). The van der Waals surface area contributed by atoms with Crippen LogP contribution < -0.4 is 20.4 Å². The summed E-state index contributed by atoms with van der Waals surface area (Å²) in [6.07, 6.45) is 45.8. The SMILES string of the molecule is CCCCC(CC)(CCCCCCCCCCCCCCCCCC(=O)[O-])C(=O)[O-].CCCCC(CC)C(=O)[O-].CCCCCCCCCCCCCCCCCC(=O)[O-].[Co+2].[Co+2]. The summed E-state index contributed by atoms with van der Waals surface area (Å²) in [5, 5.41) is 42.5. The van der Waals surface area contributed by atoms with Crippen LogP contribution in [-0.2, 0) is 52.7 Å². The Labute approximate surface area is 404 Å². The summed E-state index contributed by atoms with van der Waals surface area (Å²) in [6, 6.07) is 0. The summed E-state index contributed by atoms with van der Waals surface area (Å²) in [6.45, 7) is 10.3. The fraction of sp³-hybridized carbons (Fsp3) is 0.923. The van der Waals surface area contributed by atoms with E-state index in [-0.39, 0.29) is 52.3 Å². The van der Waals surface area contributed by atoms with Crippen LogP contribution in [0.15, 0.2) is 0 Å². The maximum absolute atomic E-state index is 11.6. The molecule has 2 unspecified atom stereocenters. The van der Waals surface area contributed by atoms with Gasteiger partial charge in [0.25, 0.3) is 0 Å². The van der Waals surface area contributed by atoms with Gasteiger partial charge in [0.15, 0.2) is 0 Å². The largest absolute Gasteiger partial charge is 2.00 e. The number of carboxylic acids is 4. The Balaban J connectivity index is -0.000000291. The van der Waals surface area contributed by atoms with Crippen molar-refractivity contribution in [3.8, 4) is 0 Å². The topological polar surface area (TPSA) is 161 Å². The molecule has 10 heteroatoms. The molecule has 0 saturated heterocycles. The van der Waals surface area contributed by atoms with Gasteiger partial charge in [0.1, 0.15) is 0 Å². The van der Waals surface area contributed by atoms with E-state index >= 15 is 0 Å². The van der Waals surface area contributed by atoms with Crippen molar-refractivity contribution in [2.45, 2.75) is 298 Å². The summed E-state index contributed by atoms with van der Waals surface area (Å²) >= 11 is 0. The summed E-state index contributed by atoms with van der Waals surface area (Å²) in [5.74, 6) is -3.78. The van der Waals surface area contributed by atoms with Crippen LogP contribution in [0.25, 0.3) is 0 Å². The van der Waals surface area contributed by atoms with E-state index in [0.717, 1.165) is 89.9 Å². The zero-order valence-corrected chi connectivity index (χ0v) is 43.1. The first-order valence-corrected chi connectivity index (χ1v) is 25.8. The van der Waals surface area contributed by atoms with Crippen molar-refractivity contribution in [2.75, 3.05) is 0 Å². The third-order valence-corrected chi connectivity index (χ3v) is 12.4. The van der Waals surface area contributed by atoms with E-state index in [1.807, 2.05) is 13.8 Å². The van der Waals surface area contributed by atoms with Gasteiger partial charge in [-0.1, -0.05) is 240 Å². The average molecular weight is 969 g/mol. The van der Waals surface area contributed by atoms with E-state index in [0.29, 0.717) is 12.8 Å². The Hall–Kier alpha value is -1.11. The van der Waals surface area contributed by atoms with E-state index in [1.54, 1.807) is 0 Å². The second kappa shape index (κ2) is 56.0. The monoisotopic (exact) mass is 969 g/mol. The minimum atomic E-state index is -0.924. The molecule has 2 radical (unpaired) electrons. The molecule has 0 aliphatic carbocycles. The van der Waals surface area contributed by atoms with Crippen LogP contribution >= 0.6 is 0 Å². The molecule has 0 aromatic carbocycles. The second-order valence-corrected chi connectivity index (χ2v) is 17.8. The fourth-order valence-corrected chi connectivity index (χ4v) is 7.95. The first-order chi connectivity index (χ1) is 29.0. The van der Waals surface area contributed by atoms with E-state index in [9.17, 15) is 39.6 Å². The molecule has 0 aromatic heterocycles. The van der Waals surface area contributed by atoms with Gasteiger partial charge < -0.3 is 39.6 Å². The molecular weight excluding hydrogens is 870 g/mol. The molecule has 0 aliphatic rings. The maximum Gasteiger partial charge on any atom is 2.00 e. The predicted molar refractivity (Wildman–Crippen MR) is 244 cm³/mol. The van der Waals surface area contributed by atoms with Crippen LogP contribution in [0, 0.1) is 11.3 Å². The Kier molecular flexibility index (Phi) is 63.2. The summed E-state index contributed by atoms with van der Waals surface area (Å²) < 4.78 is 0. The van der Waals surface area contributed by atoms with E-state index in [4.69, 9.17) is 0 Å². The van der Waals surface area contributed by atoms with Gasteiger partial charge in [-0.3, -0.25) is 0 Å². The fourth-order valence-electron chi connectivity index (χ4n) is 7.95. The van der Waals surface area contributed by atoms with E-state index < -0.39 is 29.3 Å². The molecule has 0 spiro atoms. The van der Waals surface area contributed by atoms with E-state index in [1.165, 1.54) is 148 Å². The third-order valence-electron chi connectivity index (χ3n) is 12.4. The molecule has 0 bridgehead atoms. The molecule has 0 aromatic rings. The Morgan fingerprint density at radius 2 is 0.645 bits per heavy atom. The van der Waals surface area contributed by atoms with Crippen molar-refractivity contribution in [2.24, 2.45) is 11.3 Å².